The van der Waals surface area contributed by atoms with Gasteiger partial charge in [-0.25, -0.2) is 14.6 Å². The third-order valence-corrected chi connectivity index (χ3v) is 5.83. The summed E-state index contributed by atoms with van der Waals surface area (Å²) in [6.45, 7) is 3.34. The molecule has 0 spiro atoms. The van der Waals surface area contributed by atoms with Gasteiger partial charge in [0.05, 0.1) is 12.4 Å². The Hall–Kier alpha value is -2.19. The van der Waals surface area contributed by atoms with E-state index in [1.807, 2.05) is 6.92 Å². The normalized spacial score (nSPS) is 26.6. The monoisotopic (exact) mass is 383 g/mol. The van der Waals surface area contributed by atoms with E-state index in [4.69, 9.17) is 4.74 Å². The number of rotatable bonds is 8. The van der Waals surface area contributed by atoms with E-state index < -0.39 is 36.0 Å². The van der Waals surface area contributed by atoms with Crippen LogP contribution in [-0.4, -0.2) is 64.1 Å². The van der Waals surface area contributed by atoms with E-state index in [0.29, 0.717) is 19.3 Å². The Kier molecular flexibility index (Phi) is 7.15. The van der Waals surface area contributed by atoms with Gasteiger partial charge in [-0.3, -0.25) is 4.79 Å². The number of methoxy groups -OCH3 is 1. The summed E-state index contributed by atoms with van der Waals surface area (Å²) in [6.07, 6.45) is 4.99. The Labute approximate surface area is 159 Å². The molecule has 2 aliphatic rings. The summed E-state index contributed by atoms with van der Waals surface area (Å²) in [4.78, 5) is 49.9. The van der Waals surface area contributed by atoms with Crippen molar-refractivity contribution in [1.29, 1.82) is 0 Å². The van der Waals surface area contributed by atoms with Crippen molar-refractivity contribution >= 4 is 17.8 Å². The average Bonchev–Trinajstić information content (AvgIpc) is 3.06. The standard InChI is InChI=1S/C18H29N3O6/c1-4-7-14(18(25)27-3)21(19-26)11(2)16(22)20-13-9-6-5-8-12(13)10-15(20)17(23)24/h11-15H,4-10H2,1-3H3,(H,23,24)/t11-,12-,13-,14-,15-/m0/s1. The molecular weight excluding hydrogens is 354 g/mol. The number of aliphatic carboxylic acids is 1. The largest absolute Gasteiger partial charge is 0.480 e. The minimum atomic E-state index is -1.04. The maximum atomic E-state index is 13.2. The minimum Gasteiger partial charge on any atom is -0.480 e. The molecule has 2 fully saturated rings. The Morgan fingerprint density at radius 3 is 2.52 bits per heavy atom. The first kappa shape index (κ1) is 21.1. The zero-order valence-corrected chi connectivity index (χ0v) is 16.2. The van der Waals surface area contributed by atoms with E-state index in [1.165, 1.54) is 18.9 Å². The molecule has 1 N–H and O–H groups in total. The minimum absolute atomic E-state index is 0.133. The number of nitrogens with zero attached hydrogens (tertiary/aromatic N) is 3. The fourth-order valence-corrected chi connectivity index (χ4v) is 4.49. The second-order valence-electron chi connectivity index (χ2n) is 7.41. The van der Waals surface area contributed by atoms with E-state index in [0.717, 1.165) is 30.7 Å². The van der Waals surface area contributed by atoms with E-state index in [1.54, 1.807) is 0 Å². The number of fused-ring (bicyclic) bond motifs is 1. The number of ether oxygens (including phenoxy) is 1. The lowest BCUT2D eigenvalue weighted by Crippen LogP contribution is -2.55. The Bertz CT molecular complexity index is 583. The molecule has 9 heteroatoms. The molecule has 1 aliphatic carbocycles. The Balaban J connectivity index is 2.27. The first-order valence-corrected chi connectivity index (χ1v) is 9.61. The predicted molar refractivity (Wildman–Crippen MR) is 96.4 cm³/mol. The molecule has 0 unspecified atom stereocenters. The number of carboxylic acids is 1. The summed E-state index contributed by atoms with van der Waals surface area (Å²) in [5.74, 6) is -1.97. The SMILES string of the molecule is CCC[C@@H](C(=O)OC)N(N=O)[C@@H](C)C(=O)N1[C@H](C(=O)O)C[C@@H]2CCCC[C@@H]21. The summed E-state index contributed by atoms with van der Waals surface area (Å²) >= 11 is 0. The number of hydrogen-bond acceptors (Lipinski definition) is 6. The molecule has 0 aromatic rings. The molecule has 0 aromatic carbocycles. The topological polar surface area (TPSA) is 117 Å². The highest BCUT2D eigenvalue weighted by atomic mass is 16.5. The van der Waals surface area contributed by atoms with Crippen LogP contribution in [0.3, 0.4) is 0 Å². The third-order valence-electron chi connectivity index (χ3n) is 5.83. The number of amides is 1. The molecule has 9 nitrogen and oxygen atoms in total. The number of nitroso groups, excluding NO2 is 1. The van der Waals surface area contributed by atoms with Crippen molar-refractivity contribution in [3.05, 3.63) is 4.91 Å². The van der Waals surface area contributed by atoms with Crippen LogP contribution in [0, 0.1) is 10.8 Å². The Morgan fingerprint density at radius 2 is 1.96 bits per heavy atom. The zero-order valence-electron chi connectivity index (χ0n) is 16.2. The molecule has 2 rings (SSSR count). The van der Waals surface area contributed by atoms with Crippen molar-refractivity contribution in [2.45, 2.75) is 83.0 Å². The van der Waals surface area contributed by atoms with E-state index >= 15 is 0 Å². The average molecular weight is 383 g/mol. The van der Waals surface area contributed by atoms with Crippen molar-refractivity contribution < 1.29 is 24.2 Å². The maximum absolute atomic E-state index is 13.2. The van der Waals surface area contributed by atoms with E-state index in [2.05, 4.69) is 5.29 Å². The van der Waals surface area contributed by atoms with Gasteiger partial charge >= 0.3 is 11.9 Å². The maximum Gasteiger partial charge on any atom is 0.330 e. The molecule has 1 amide bonds. The van der Waals surface area contributed by atoms with Crippen LogP contribution in [0.2, 0.25) is 0 Å². The first-order valence-electron chi connectivity index (χ1n) is 9.61. The van der Waals surface area contributed by atoms with E-state index in [-0.39, 0.29) is 12.0 Å². The summed E-state index contributed by atoms with van der Waals surface area (Å²) in [5, 5.41) is 13.5. The van der Waals surface area contributed by atoms with Crippen molar-refractivity contribution in [3.8, 4) is 0 Å². The highest BCUT2D eigenvalue weighted by Crippen LogP contribution is 2.40. The zero-order chi connectivity index (χ0) is 20.1. The molecule has 1 saturated heterocycles. The summed E-state index contributed by atoms with van der Waals surface area (Å²) in [5.41, 5.74) is 0. The number of carboxylic acid groups (broad SMARTS) is 1. The summed E-state index contributed by atoms with van der Waals surface area (Å²) < 4.78 is 4.75. The smallest absolute Gasteiger partial charge is 0.330 e. The molecule has 0 radical (unpaired) electrons. The van der Waals surface area contributed by atoms with Gasteiger partial charge in [-0.1, -0.05) is 26.2 Å². The molecule has 0 bridgehead atoms. The van der Waals surface area contributed by atoms with Crippen LogP contribution < -0.4 is 0 Å². The van der Waals surface area contributed by atoms with Gasteiger partial charge in [0.2, 0.25) is 5.91 Å². The summed E-state index contributed by atoms with van der Waals surface area (Å²) in [6, 6.07) is -3.04. The number of esters is 1. The van der Waals surface area contributed by atoms with Gasteiger partial charge in [0, 0.05) is 6.04 Å². The first-order chi connectivity index (χ1) is 12.9. The fourth-order valence-electron chi connectivity index (χ4n) is 4.49. The van der Waals surface area contributed by atoms with Gasteiger partial charge in [0.25, 0.3) is 0 Å². The van der Waals surface area contributed by atoms with Crippen molar-refractivity contribution in [2.24, 2.45) is 11.2 Å². The molecule has 1 aliphatic heterocycles. The van der Waals surface area contributed by atoms with Crippen LogP contribution in [0.1, 0.15) is 58.8 Å². The van der Waals surface area contributed by atoms with Gasteiger partial charge in [0.1, 0.15) is 18.1 Å². The van der Waals surface area contributed by atoms with Crippen LogP contribution in [0.5, 0.6) is 0 Å². The number of hydrogen-bond donors (Lipinski definition) is 1. The molecule has 5 atom stereocenters. The number of likely N-dealkylation sites (tertiary alicyclic amines) is 1. The molecule has 0 aromatic heterocycles. The molecule has 27 heavy (non-hydrogen) atoms. The highest BCUT2D eigenvalue weighted by molar-refractivity contribution is 5.88. The second kappa shape index (κ2) is 9.14. The van der Waals surface area contributed by atoms with Crippen LogP contribution in [0.25, 0.3) is 0 Å². The van der Waals surface area contributed by atoms with Crippen molar-refractivity contribution in [2.75, 3.05) is 7.11 Å². The quantitative estimate of drug-likeness (QED) is 0.387. The molecule has 152 valence electrons. The van der Waals surface area contributed by atoms with Gasteiger partial charge in [-0.05, 0) is 38.5 Å². The highest BCUT2D eigenvalue weighted by Gasteiger charge is 2.49. The van der Waals surface area contributed by atoms with Crippen LogP contribution in [0.15, 0.2) is 5.29 Å². The number of carbonyl (C=O) groups is 3. The fraction of sp³-hybridized carbons (Fsp3) is 0.833. The van der Waals surface area contributed by atoms with Gasteiger partial charge in [-0.2, -0.15) is 0 Å². The van der Waals surface area contributed by atoms with Crippen LogP contribution >= 0.6 is 0 Å². The molecular formula is C18H29N3O6. The Morgan fingerprint density at radius 1 is 1.30 bits per heavy atom. The predicted octanol–water partition coefficient (Wildman–Crippen LogP) is 1.94. The van der Waals surface area contributed by atoms with Crippen LogP contribution in [0.4, 0.5) is 0 Å². The lowest BCUT2D eigenvalue weighted by molar-refractivity contribution is -0.156. The summed E-state index contributed by atoms with van der Waals surface area (Å²) in [7, 11) is 1.22. The lowest BCUT2D eigenvalue weighted by atomic mass is 9.84. The van der Waals surface area contributed by atoms with Gasteiger partial charge in [0.15, 0.2) is 0 Å². The van der Waals surface area contributed by atoms with Gasteiger partial charge in [-0.15, -0.1) is 4.91 Å². The molecule has 1 saturated carbocycles. The van der Waals surface area contributed by atoms with E-state index in [9.17, 15) is 24.4 Å². The van der Waals surface area contributed by atoms with Gasteiger partial charge < -0.3 is 14.7 Å². The molecule has 1 heterocycles. The van der Waals surface area contributed by atoms with Crippen LogP contribution in [-0.2, 0) is 19.1 Å². The third kappa shape index (κ3) is 4.22. The van der Waals surface area contributed by atoms with Crippen molar-refractivity contribution in [3.63, 3.8) is 0 Å². The lowest BCUT2D eigenvalue weighted by Gasteiger charge is -2.37. The second-order valence-corrected chi connectivity index (χ2v) is 7.41. The number of carbonyl (C=O) groups excluding carboxylic acids is 2. The van der Waals surface area contributed by atoms with Crippen molar-refractivity contribution in [1.82, 2.24) is 9.91 Å².